The summed E-state index contributed by atoms with van der Waals surface area (Å²) in [6.07, 6.45) is -3.71. The highest BCUT2D eigenvalue weighted by Gasteiger charge is 2.36. The second kappa shape index (κ2) is 8.56. The molecule has 0 bridgehead atoms. The topological polar surface area (TPSA) is 53.6 Å². The SMILES string of the molecule is C=C(C1=C(N(C)CC(=O)Nc2cc(Cl)ccc2OC)NCCC1)C(F)(F)F. The van der Waals surface area contributed by atoms with E-state index in [-0.39, 0.29) is 24.4 Å². The first-order valence-electron chi connectivity index (χ1n) is 8.21. The number of alkyl halides is 3. The second-order valence-corrected chi connectivity index (χ2v) is 6.52. The van der Waals surface area contributed by atoms with E-state index in [1.807, 2.05) is 0 Å². The van der Waals surface area contributed by atoms with E-state index in [1.54, 1.807) is 19.2 Å². The van der Waals surface area contributed by atoms with Gasteiger partial charge in [0.2, 0.25) is 5.91 Å². The van der Waals surface area contributed by atoms with Crippen LogP contribution in [0.5, 0.6) is 5.75 Å². The number of halogens is 4. The number of anilines is 1. The van der Waals surface area contributed by atoms with Gasteiger partial charge >= 0.3 is 6.18 Å². The predicted molar refractivity (Wildman–Crippen MR) is 98.7 cm³/mol. The van der Waals surface area contributed by atoms with Crippen LogP contribution in [0.15, 0.2) is 41.7 Å². The maximum absolute atomic E-state index is 13.1. The van der Waals surface area contributed by atoms with Crippen LogP contribution in [0, 0.1) is 0 Å². The minimum atomic E-state index is -4.52. The highest BCUT2D eigenvalue weighted by Crippen LogP contribution is 2.35. The zero-order chi connectivity index (χ0) is 20.2. The Morgan fingerprint density at radius 1 is 1.44 bits per heavy atom. The Balaban J connectivity index is 2.16. The number of hydrogen-bond acceptors (Lipinski definition) is 4. The molecule has 0 aromatic heterocycles. The summed E-state index contributed by atoms with van der Waals surface area (Å²) in [6.45, 7) is 3.55. The number of carbonyl (C=O) groups is 1. The molecule has 0 atom stereocenters. The maximum atomic E-state index is 13.1. The Kier molecular flexibility index (Phi) is 6.64. The van der Waals surface area contributed by atoms with Crippen molar-refractivity contribution in [2.24, 2.45) is 0 Å². The first-order valence-corrected chi connectivity index (χ1v) is 8.59. The van der Waals surface area contributed by atoms with Crippen molar-refractivity contribution < 1.29 is 22.7 Å². The van der Waals surface area contributed by atoms with Crippen molar-refractivity contribution in [1.29, 1.82) is 0 Å². The van der Waals surface area contributed by atoms with Gasteiger partial charge in [-0.1, -0.05) is 18.2 Å². The zero-order valence-electron chi connectivity index (χ0n) is 15.0. The summed E-state index contributed by atoms with van der Waals surface area (Å²) in [6, 6.07) is 4.76. The van der Waals surface area contributed by atoms with Crippen LogP contribution in [0.2, 0.25) is 5.02 Å². The van der Waals surface area contributed by atoms with E-state index in [0.717, 1.165) is 0 Å². The van der Waals surface area contributed by atoms with Crippen LogP contribution in [0.3, 0.4) is 0 Å². The largest absolute Gasteiger partial charge is 0.495 e. The number of amides is 1. The average Bonchev–Trinajstić information content (AvgIpc) is 2.60. The van der Waals surface area contributed by atoms with E-state index in [4.69, 9.17) is 16.3 Å². The third-order valence-corrected chi connectivity index (χ3v) is 4.32. The number of methoxy groups -OCH3 is 1. The number of nitrogens with zero attached hydrogens (tertiary/aromatic N) is 1. The number of hydrogen-bond donors (Lipinski definition) is 2. The van der Waals surface area contributed by atoms with Gasteiger partial charge in [-0.05, 0) is 31.0 Å². The second-order valence-electron chi connectivity index (χ2n) is 6.08. The van der Waals surface area contributed by atoms with Gasteiger partial charge in [0.15, 0.2) is 0 Å². The monoisotopic (exact) mass is 403 g/mol. The average molecular weight is 404 g/mol. The zero-order valence-corrected chi connectivity index (χ0v) is 15.8. The molecule has 1 heterocycles. The number of benzene rings is 1. The molecule has 5 nitrogen and oxygen atoms in total. The summed E-state index contributed by atoms with van der Waals surface area (Å²) in [5.74, 6) is 0.267. The fraction of sp³-hybridized carbons (Fsp3) is 0.389. The van der Waals surface area contributed by atoms with Crippen LogP contribution < -0.4 is 15.4 Å². The molecule has 2 N–H and O–H groups in total. The number of likely N-dealkylation sites (N-methyl/N-ethyl adjacent to an activating group) is 1. The number of rotatable bonds is 6. The number of carbonyl (C=O) groups excluding carboxylic acids is 1. The summed E-state index contributed by atoms with van der Waals surface area (Å²) in [5, 5.41) is 6.02. The van der Waals surface area contributed by atoms with E-state index >= 15 is 0 Å². The van der Waals surface area contributed by atoms with Gasteiger partial charge in [0.25, 0.3) is 0 Å². The molecule has 1 amide bonds. The smallest absolute Gasteiger partial charge is 0.416 e. The normalized spacial score (nSPS) is 14.4. The summed E-state index contributed by atoms with van der Waals surface area (Å²) in [4.78, 5) is 13.8. The van der Waals surface area contributed by atoms with Gasteiger partial charge in [0, 0.05) is 24.2 Å². The number of ether oxygens (including phenoxy) is 1. The molecule has 0 unspecified atom stereocenters. The van der Waals surface area contributed by atoms with Crippen molar-refractivity contribution in [3.05, 3.63) is 46.8 Å². The van der Waals surface area contributed by atoms with Crippen LogP contribution in [0.25, 0.3) is 0 Å². The number of nitrogens with one attached hydrogen (secondary N) is 2. The van der Waals surface area contributed by atoms with Crippen LogP contribution >= 0.6 is 11.6 Å². The minimum Gasteiger partial charge on any atom is -0.495 e. The maximum Gasteiger partial charge on any atom is 0.416 e. The van der Waals surface area contributed by atoms with Gasteiger partial charge in [-0.25, -0.2) is 0 Å². The van der Waals surface area contributed by atoms with Crippen molar-refractivity contribution in [3.8, 4) is 5.75 Å². The van der Waals surface area contributed by atoms with E-state index in [2.05, 4.69) is 17.2 Å². The van der Waals surface area contributed by atoms with Gasteiger partial charge in [0.05, 0.1) is 24.9 Å². The van der Waals surface area contributed by atoms with E-state index in [0.29, 0.717) is 29.4 Å². The molecule has 9 heteroatoms. The molecule has 0 saturated carbocycles. The standard InChI is InChI=1S/C18H21ClF3N3O2/c1-11(18(20,21)22)13-5-4-8-23-17(13)25(2)10-16(26)24-14-9-12(19)6-7-15(14)27-3/h6-7,9,23H,1,4-5,8,10H2,2-3H3,(H,24,26). The highest BCUT2D eigenvalue weighted by atomic mass is 35.5. The lowest BCUT2D eigenvalue weighted by atomic mass is 9.99. The third-order valence-electron chi connectivity index (χ3n) is 4.09. The predicted octanol–water partition coefficient (Wildman–Crippen LogP) is 3.93. The molecule has 1 aromatic rings. The first kappa shape index (κ1) is 21.0. The Morgan fingerprint density at radius 3 is 2.78 bits per heavy atom. The minimum absolute atomic E-state index is 0.0735. The molecule has 2 rings (SSSR count). The lowest BCUT2D eigenvalue weighted by Gasteiger charge is -2.31. The van der Waals surface area contributed by atoms with Crippen molar-refractivity contribution in [1.82, 2.24) is 10.2 Å². The molecule has 1 aliphatic rings. The van der Waals surface area contributed by atoms with Gasteiger partial charge < -0.3 is 20.3 Å². The molecule has 0 saturated heterocycles. The summed E-state index contributed by atoms with van der Waals surface area (Å²) in [5.41, 5.74) is -0.438. The molecule has 0 spiro atoms. The van der Waals surface area contributed by atoms with Crippen LogP contribution in [-0.2, 0) is 4.79 Å². The third kappa shape index (κ3) is 5.32. The van der Waals surface area contributed by atoms with Gasteiger partial charge in [-0.2, -0.15) is 13.2 Å². The fourth-order valence-electron chi connectivity index (χ4n) is 2.79. The van der Waals surface area contributed by atoms with Crippen LogP contribution in [-0.4, -0.2) is 44.2 Å². The lowest BCUT2D eigenvalue weighted by Crippen LogP contribution is -2.39. The number of allylic oxidation sites excluding steroid dienone is 2. The van der Waals surface area contributed by atoms with Crippen molar-refractivity contribution in [3.63, 3.8) is 0 Å². The summed E-state index contributed by atoms with van der Waals surface area (Å²) < 4.78 is 44.3. The van der Waals surface area contributed by atoms with E-state index in [9.17, 15) is 18.0 Å². The van der Waals surface area contributed by atoms with Gasteiger partial charge in [-0.3, -0.25) is 4.79 Å². The molecule has 1 aliphatic heterocycles. The highest BCUT2D eigenvalue weighted by molar-refractivity contribution is 6.31. The molecule has 27 heavy (non-hydrogen) atoms. The molecule has 0 aliphatic carbocycles. The summed E-state index contributed by atoms with van der Waals surface area (Å²) in [7, 11) is 3.00. The van der Waals surface area contributed by atoms with Crippen LogP contribution in [0.4, 0.5) is 18.9 Å². The quantitative estimate of drug-likeness (QED) is 0.755. The fourth-order valence-corrected chi connectivity index (χ4v) is 2.96. The lowest BCUT2D eigenvalue weighted by molar-refractivity contribution is -0.116. The molecular weight excluding hydrogens is 383 g/mol. The van der Waals surface area contributed by atoms with E-state index in [1.165, 1.54) is 18.1 Å². The van der Waals surface area contributed by atoms with Crippen molar-refractivity contribution in [2.45, 2.75) is 19.0 Å². The molecule has 1 aromatic carbocycles. The Labute approximate surface area is 160 Å². The Bertz CT molecular complexity index is 763. The molecule has 0 fully saturated rings. The Hall–Kier alpha value is -2.35. The summed E-state index contributed by atoms with van der Waals surface area (Å²) >= 11 is 5.93. The van der Waals surface area contributed by atoms with E-state index < -0.39 is 17.7 Å². The first-order chi connectivity index (χ1) is 12.6. The molecule has 148 valence electrons. The van der Waals surface area contributed by atoms with Gasteiger partial charge in [0.1, 0.15) is 11.6 Å². The van der Waals surface area contributed by atoms with Gasteiger partial charge in [-0.15, -0.1) is 0 Å². The Morgan fingerprint density at radius 2 is 2.15 bits per heavy atom. The molecular formula is C18H21ClF3N3O2. The van der Waals surface area contributed by atoms with Crippen LogP contribution in [0.1, 0.15) is 12.8 Å². The van der Waals surface area contributed by atoms with Crippen molar-refractivity contribution >= 4 is 23.2 Å². The molecule has 0 radical (unpaired) electrons. The van der Waals surface area contributed by atoms with Crippen molar-refractivity contribution in [2.75, 3.05) is 32.6 Å².